The van der Waals surface area contributed by atoms with Crippen molar-refractivity contribution in [2.45, 2.75) is 25.5 Å². The Bertz CT molecular complexity index is 848. The molecule has 1 amide bonds. The molecule has 0 saturated heterocycles. The minimum atomic E-state index is 0.0693. The average Bonchev–Trinajstić information content (AvgIpc) is 3.14. The monoisotopic (exact) mass is 367 g/mol. The summed E-state index contributed by atoms with van der Waals surface area (Å²) >= 11 is 1.35. The zero-order valence-electron chi connectivity index (χ0n) is 14.9. The van der Waals surface area contributed by atoms with Gasteiger partial charge >= 0.3 is 0 Å². The lowest BCUT2D eigenvalue weighted by Crippen LogP contribution is -2.31. The van der Waals surface area contributed by atoms with Gasteiger partial charge in [0, 0.05) is 13.1 Å². The van der Waals surface area contributed by atoms with E-state index in [0.717, 1.165) is 11.3 Å². The summed E-state index contributed by atoms with van der Waals surface area (Å²) in [5.74, 6) is 0.368. The Morgan fingerprint density at radius 3 is 2.54 bits per heavy atom. The van der Waals surface area contributed by atoms with Crippen LogP contribution in [0.5, 0.6) is 0 Å². The molecule has 0 N–H and O–H groups in total. The maximum Gasteiger partial charge on any atom is 0.233 e. The molecule has 26 heavy (non-hydrogen) atoms. The Morgan fingerprint density at radius 1 is 1.12 bits per heavy atom. The van der Waals surface area contributed by atoms with Gasteiger partial charge in [-0.2, -0.15) is 4.68 Å². The molecule has 0 spiro atoms. The molecule has 0 aliphatic rings. The highest BCUT2D eigenvalue weighted by Crippen LogP contribution is 2.19. The fraction of sp³-hybridized carbons (Fsp3) is 0.263. The van der Waals surface area contributed by atoms with Crippen LogP contribution >= 0.6 is 11.8 Å². The van der Waals surface area contributed by atoms with Gasteiger partial charge in [0.1, 0.15) is 0 Å². The van der Waals surface area contributed by atoms with E-state index in [1.165, 1.54) is 17.3 Å². The third kappa shape index (κ3) is 4.49. The first-order valence-electron chi connectivity index (χ1n) is 8.47. The number of carbonyl (C=O) groups is 1. The number of nitrogens with zero attached hydrogens (tertiary/aromatic N) is 5. The number of hydrogen-bond acceptors (Lipinski definition) is 5. The van der Waals surface area contributed by atoms with E-state index in [9.17, 15) is 4.79 Å². The minimum absolute atomic E-state index is 0.0693. The normalized spacial score (nSPS) is 10.7. The first-order chi connectivity index (χ1) is 12.7. The summed E-state index contributed by atoms with van der Waals surface area (Å²) in [6.45, 7) is 5.29. The molecule has 6 nitrogen and oxygen atoms in total. The third-order valence-corrected chi connectivity index (χ3v) is 4.90. The van der Waals surface area contributed by atoms with Gasteiger partial charge in [-0.05, 0) is 42.0 Å². The van der Waals surface area contributed by atoms with Crippen LogP contribution in [0.3, 0.4) is 0 Å². The Morgan fingerprint density at radius 2 is 1.85 bits per heavy atom. The first-order valence-corrected chi connectivity index (χ1v) is 9.46. The van der Waals surface area contributed by atoms with E-state index >= 15 is 0 Å². The molecule has 134 valence electrons. The summed E-state index contributed by atoms with van der Waals surface area (Å²) in [5, 5.41) is 12.4. The van der Waals surface area contributed by atoms with Crippen molar-refractivity contribution in [3.8, 4) is 5.69 Å². The van der Waals surface area contributed by atoms with Crippen LogP contribution in [0.15, 0.2) is 59.8 Å². The summed E-state index contributed by atoms with van der Waals surface area (Å²) < 4.78 is 1.66. The fourth-order valence-electron chi connectivity index (χ4n) is 2.51. The highest BCUT2D eigenvalue weighted by Gasteiger charge is 2.16. The standard InChI is InChI=1S/C19H21N5OS/c1-3-23(13-16-7-5-4-6-8-16)18(25)14-26-19-20-21-22-24(19)17-11-9-15(2)10-12-17/h4-12H,3,13-14H2,1-2H3. The molecular weight excluding hydrogens is 346 g/mol. The fourth-order valence-corrected chi connectivity index (χ4v) is 3.31. The van der Waals surface area contributed by atoms with Crippen LogP contribution in [0.2, 0.25) is 0 Å². The Labute approximate surface area is 157 Å². The molecule has 0 bridgehead atoms. The highest BCUT2D eigenvalue weighted by molar-refractivity contribution is 7.99. The van der Waals surface area contributed by atoms with E-state index in [-0.39, 0.29) is 5.91 Å². The van der Waals surface area contributed by atoms with Crippen LogP contribution in [0.4, 0.5) is 0 Å². The molecule has 0 radical (unpaired) electrons. The van der Waals surface area contributed by atoms with Crippen LogP contribution in [0, 0.1) is 6.92 Å². The van der Waals surface area contributed by atoms with Gasteiger partial charge in [0.25, 0.3) is 0 Å². The Hall–Kier alpha value is -2.67. The first kappa shape index (κ1) is 18.1. The molecule has 2 aromatic carbocycles. The number of benzene rings is 2. The Balaban J connectivity index is 1.64. The lowest BCUT2D eigenvalue weighted by molar-refractivity contribution is -0.128. The van der Waals surface area contributed by atoms with Crippen molar-refractivity contribution in [1.29, 1.82) is 0 Å². The predicted octanol–water partition coefficient (Wildman–Crippen LogP) is 3.11. The van der Waals surface area contributed by atoms with Crippen molar-refractivity contribution in [1.82, 2.24) is 25.1 Å². The minimum Gasteiger partial charge on any atom is -0.338 e. The molecule has 0 aliphatic heterocycles. The van der Waals surface area contributed by atoms with Crippen molar-refractivity contribution in [3.63, 3.8) is 0 Å². The number of hydrogen-bond donors (Lipinski definition) is 0. The maximum atomic E-state index is 12.6. The number of rotatable bonds is 7. The summed E-state index contributed by atoms with van der Waals surface area (Å²) in [6.07, 6.45) is 0. The van der Waals surface area contributed by atoms with E-state index in [2.05, 4.69) is 15.5 Å². The highest BCUT2D eigenvalue weighted by atomic mass is 32.2. The molecule has 0 atom stereocenters. The van der Waals surface area contributed by atoms with Gasteiger partial charge in [-0.15, -0.1) is 5.10 Å². The molecule has 0 fully saturated rings. The van der Waals surface area contributed by atoms with Gasteiger partial charge in [0.15, 0.2) is 0 Å². The largest absolute Gasteiger partial charge is 0.338 e. The van der Waals surface area contributed by atoms with Gasteiger partial charge in [-0.25, -0.2) is 0 Å². The van der Waals surface area contributed by atoms with E-state index in [1.54, 1.807) is 4.68 Å². The van der Waals surface area contributed by atoms with Crippen LogP contribution in [0.1, 0.15) is 18.1 Å². The summed E-state index contributed by atoms with van der Waals surface area (Å²) in [7, 11) is 0. The van der Waals surface area contributed by atoms with Gasteiger partial charge in [0.2, 0.25) is 11.1 Å². The zero-order valence-corrected chi connectivity index (χ0v) is 15.7. The summed E-state index contributed by atoms with van der Waals surface area (Å²) in [4.78, 5) is 14.4. The Kier molecular flexibility index (Phi) is 6.01. The van der Waals surface area contributed by atoms with E-state index < -0.39 is 0 Å². The van der Waals surface area contributed by atoms with Crippen molar-refractivity contribution in [2.24, 2.45) is 0 Å². The average molecular weight is 367 g/mol. The number of carbonyl (C=O) groups excluding carboxylic acids is 1. The maximum absolute atomic E-state index is 12.6. The number of thioether (sulfide) groups is 1. The molecular formula is C19H21N5OS. The van der Waals surface area contributed by atoms with Crippen molar-refractivity contribution in [2.75, 3.05) is 12.3 Å². The van der Waals surface area contributed by atoms with Crippen molar-refractivity contribution < 1.29 is 4.79 Å². The van der Waals surface area contributed by atoms with Crippen molar-refractivity contribution >= 4 is 17.7 Å². The smallest absolute Gasteiger partial charge is 0.233 e. The number of aromatic nitrogens is 4. The lowest BCUT2D eigenvalue weighted by Gasteiger charge is -2.20. The van der Waals surface area contributed by atoms with Gasteiger partial charge in [0.05, 0.1) is 11.4 Å². The summed E-state index contributed by atoms with van der Waals surface area (Å²) in [6, 6.07) is 17.9. The number of amides is 1. The lowest BCUT2D eigenvalue weighted by atomic mass is 10.2. The number of aryl methyl sites for hydroxylation is 1. The molecule has 3 aromatic rings. The second kappa shape index (κ2) is 8.62. The van der Waals surface area contributed by atoms with E-state index in [4.69, 9.17) is 0 Å². The molecule has 3 rings (SSSR count). The second-order valence-electron chi connectivity index (χ2n) is 5.89. The van der Waals surface area contributed by atoms with Crippen LogP contribution in [-0.2, 0) is 11.3 Å². The molecule has 0 aliphatic carbocycles. The van der Waals surface area contributed by atoms with Crippen LogP contribution in [-0.4, -0.2) is 43.3 Å². The summed E-state index contributed by atoms with van der Waals surface area (Å²) in [5.41, 5.74) is 3.18. The molecule has 0 unspecified atom stereocenters. The molecule has 1 aromatic heterocycles. The predicted molar refractivity (Wildman–Crippen MR) is 102 cm³/mol. The van der Waals surface area contributed by atoms with Crippen LogP contribution < -0.4 is 0 Å². The van der Waals surface area contributed by atoms with Crippen LogP contribution in [0.25, 0.3) is 5.69 Å². The topological polar surface area (TPSA) is 63.9 Å². The van der Waals surface area contributed by atoms with Gasteiger partial charge < -0.3 is 4.90 Å². The number of tetrazole rings is 1. The molecule has 1 heterocycles. The zero-order chi connectivity index (χ0) is 18.4. The van der Waals surface area contributed by atoms with E-state index in [0.29, 0.717) is 24.0 Å². The quantitative estimate of drug-likeness (QED) is 0.601. The van der Waals surface area contributed by atoms with Gasteiger partial charge in [-0.3, -0.25) is 4.79 Å². The van der Waals surface area contributed by atoms with Crippen molar-refractivity contribution in [3.05, 3.63) is 65.7 Å². The molecule has 7 heteroatoms. The van der Waals surface area contributed by atoms with E-state index in [1.807, 2.05) is 73.3 Å². The molecule has 0 saturated carbocycles. The second-order valence-corrected chi connectivity index (χ2v) is 6.83. The SMILES string of the molecule is CCN(Cc1ccccc1)C(=O)CSc1nnnn1-c1ccc(C)cc1. The van der Waals surface area contributed by atoms with Gasteiger partial charge in [-0.1, -0.05) is 59.8 Å². The third-order valence-electron chi connectivity index (χ3n) is 3.99.